The van der Waals surface area contributed by atoms with E-state index in [1.54, 1.807) is 10.0 Å². The fourth-order valence-corrected chi connectivity index (χ4v) is 7.62. The third kappa shape index (κ3) is 19.8. The second-order valence-electron chi connectivity index (χ2n) is 11.8. The van der Waals surface area contributed by atoms with Crippen molar-refractivity contribution in [2.45, 2.75) is 75.0 Å². The van der Waals surface area contributed by atoms with Gasteiger partial charge in [-0.25, -0.2) is 4.98 Å². The number of benzene rings is 1. The van der Waals surface area contributed by atoms with Crippen LogP contribution < -0.4 is 27.0 Å². The van der Waals surface area contributed by atoms with E-state index in [2.05, 4.69) is 42.7 Å². The van der Waals surface area contributed by atoms with Crippen molar-refractivity contribution in [2.75, 3.05) is 12.3 Å². The Morgan fingerprint density at radius 1 is 0.941 bits per heavy atom. The number of carboxylic acids is 2. The Kier molecular flexibility index (Phi) is 21.4. The maximum absolute atomic E-state index is 12.8. The van der Waals surface area contributed by atoms with E-state index in [9.17, 15) is 38.8 Å². The summed E-state index contributed by atoms with van der Waals surface area (Å²) in [4.78, 5) is 77.9. The van der Waals surface area contributed by atoms with Crippen LogP contribution in [0.1, 0.15) is 49.2 Å². The topological polar surface area (TPSA) is 283 Å². The zero-order valence-corrected chi connectivity index (χ0v) is 31.6. The molecule has 20 heteroatoms. The van der Waals surface area contributed by atoms with Gasteiger partial charge in [0, 0.05) is 18.8 Å². The Bertz CT molecular complexity index is 1410. The van der Waals surface area contributed by atoms with Crippen LogP contribution >= 0.6 is 10.0 Å². The molecule has 4 amide bonds. The Morgan fingerprint density at radius 3 is 2.14 bits per heavy atom. The fraction of sp³-hybridized carbons (Fsp3) is 0.484. The van der Waals surface area contributed by atoms with Crippen molar-refractivity contribution in [3.63, 3.8) is 0 Å². The molecule has 0 fully saturated rings. The van der Waals surface area contributed by atoms with E-state index in [1.165, 1.54) is 18.6 Å². The van der Waals surface area contributed by atoms with Gasteiger partial charge in [0.15, 0.2) is 0 Å². The van der Waals surface area contributed by atoms with Crippen LogP contribution in [0.3, 0.4) is 0 Å². The monoisotopic (exact) mass is 795 g/mol. The number of carbonyl (C=O) groups is 6. The maximum atomic E-state index is 12.8. The van der Waals surface area contributed by atoms with E-state index in [-0.39, 0.29) is 30.9 Å². The number of nitrogens with two attached hydrogens (primary N) is 1. The third-order valence-electron chi connectivity index (χ3n) is 6.68. The molecule has 1 heterocycles. The molecule has 2 rings (SSSR count). The van der Waals surface area contributed by atoms with Gasteiger partial charge in [-0.1, -0.05) is 44.2 Å². The van der Waals surface area contributed by atoms with Gasteiger partial charge >= 0.3 is 149 Å². The van der Waals surface area contributed by atoms with Gasteiger partial charge in [-0.15, -0.1) is 0 Å². The number of carboxylic acid groups (broad SMARTS) is 2. The van der Waals surface area contributed by atoms with Gasteiger partial charge in [-0.2, -0.15) is 0 Å². The van der Waals surface area contributed by atoms with Crippen molar-refractivity contribution in [2.24, 2.45) is 11.7 Å². The number of aromatic nitrogens is 2. The van der Waals surface area contributed by atoms with Crippen LogP contribution in [0.5, 0.6) is 0 Å². The predicted octanol–water partition coefficient (Wildman–Crippen LogP) is -0.791. The van der Waals surface area contributed by atoms with E-state index in [0.717, 1.165) is 5.56 Å². The third-order valence-corrected chi connectivity index (χ3v) is 11.9. The Hall–Kier alpha value is -4.03. The molecule has 4 atom stereocenters. The molecule has 0 radical (unpaired) electrons. The number of rotatable bonds is 20. The molecule has 10 N–H and O–H groups in total. The summed E-state index contributed by atoms with van der Waals surface area (Å²) in [6, 6.07) is 6.33. The van der Waals surface area contributed by atoms with Crippen LogP contribution in [0.4, 0.5) is 0 Å². The molecule has 0 unspecified atom stereocenters. The molecule has 1 aromatic carbocycles. The van der Waals surface area contributed by atoms with Gasteiger partial charge in [-0.05, 0) is 17.9 Å². The van der Waals surface area contributed by atoms with Crippen LogP contribution in [0, 0.1) is 5.92 Å². The molecule has 0 spiro atoms. The van der Waals surface area contributed by atoms with Gasteiger partial charge in [0.05, 0.1) is 12.1 Å². The summed E-state index contributed by atoms with van der Waals surface area (Å²) in [7, 11) is -0.118. The summed E-state index contributed by atoms with van der Waals surface area (Å²) in [5.41, 5.74) is 10.4. The van der Waals surface area contributed by atoms with Crippen LogP contribution in [0.15, 0.2) is 48.9 Å². The molecule has 0 aliphatic rings. The summed E-state index contributed by atoms with van der Waals surface area (Å²) >= 11 is -1.09. The number of hydrogen-bond acceptors (Lipinski definition) is 12. The second kappa shape index (κ2) is 24.2. The van der Waals surface area contributed by atoms with E-state index in [1.807, 2.05) is 44.2 Å². The standard InChI is InChI=1S/C19H25BN4O4.C12H22AsN3O6S/c1-13(2)10-17(20(27)28)24-18(25)15(11-14-6-4-3-5-7-14)23-19(26)16-12-21-8-9-22-16;1-13(2)23-6-8(11(20)15-5-10(18)19)16-9(17)4-3-7(14)12(21)22/h3-9,12-13,15,17,27-28H,10-11H2,1-2H3,(H,23,26)(H,24,25);7-8H,3-6,14H2,1-2H3,(H,15,20)(H,16,17)(H,18,19)(H,21,22)/t15-,17-;7-,8-/m00/s1. The van der Waals surface area contributed by atoms with E-state index in [4.69, 9.17) is 15.9 Å². The number of hydrogen-bond donors (Lipinski definition) is 9. The normalized spacial score (nSPS) is 13.0. The summed E-state index contributed by atoms with van der Waals surface area (Å²) in [5.74, 6) is -4.83. The Morgan fingerprint density at radius 2 is 1.61 bits per heavy atom. The number of aliphatic carboxylic acids is 2. The molecule has 51 heavy (non-hydrogen) atoms. The van der Waals surface area contributed by atoms with Gasteiger partial charge in [0.2, 0.25) is 5.91 Å². The van der Waals surface area contributed by atoms with Crippen molar-refractivity contribution < 1.29 is 49.0 Å². The summed E-state index contributed by atoms with van der Waals surface area (Å²) in [5, 5.41) is 46.4. The minimum absolute atomic E-state index is 0.0445. The first-order valence-electron chi connectivity index (χ1n) is 15.8. The van der Waals surface area contributed by atoms with Gasteiger partial charge in [0.25, 0.3) is 5.91 Å². The molecular formula is C31H47AsBN7O10S. The van der Waals surface area contributed by atoms with E-state index >= 15 is 0 Å². The first-order valence-corrected chi connectivity index (χ1v) is 22.8. The number of nitrogens with one attached hydrogen (secondary N) is 4. The second-order valence-corrected chi connectivity index (χ2v) is 21.2. The zero-order valence-electron chi connectivity index (χ0n) is 28.9. The molecule has 0 saturated carbocycles. The van der Waals surface area contributed by atoms with Crippen LogP contribution in [-0.4, -0.2) is 123 Å². The first kappa shape index (κ1) is 45.0. The molecule has 2 aromatic rings. The quantitative estimate of drug-likeness (QED) is 0.0743. The molecule has 280 valence electrons. The fourth-order valence-electron chi connectivity index (χ4n) is 4.12. The van der Waals surface area contributed by atoms with Crippen molar-refractivity contribution in [3.05, 3.63) is 60.2 Å². The molecular weight excluding hydrogens is 748 g/mol. The molecule has 0 bridgehead atoms. The Balaban J connectivity index is 0.000000522. The first-order chi connectivity index (χ1) is 24.0. The average Bonchev–Trinajstić information content (AvgIpc) is 3.07. The van der Waals surface area contributed by atoms with Crippen molar-refractivity contribution >= 4 is 66.2 Å². The zero-order chi connectivity index (χ0) is 38.5. The van der Waals surface area contributed by atoms with Crippen molar-refractivity contribution in [3.8, 4) is 0 Å². The predicted molar refractivity (Wildman–Crippen MR) is 192 cm³/mol. The van der Waals surface area contributed by atoms with Gasteiger partial charge in [-0.3, -0.25) is 14.6 Å². The van der Waals surface area contributed by atoms with Crippen molar-refractivity contribution in [1.82, 2.24) is 31.2 Å². The van der Waals surface area contributed by atoms with E-state index < -0.39 is 86.8 Å². The average molecular weight is 796 g/mol. The van der Waals surface area contributed by atoms with Crippen molar-refractivity contribution in [1.29, 1.82) is 0 Å². The van der Waals surface area contributed by atoms with Crippen LogP contribution in [0.25, 0.3) is 0 Å². The summed E-state index contributed by atoms with van der Waals surface area (Å²) < 4.78 is 0. The van der Waals surface area contributed by atoms with E-state index in [0.29, 0.717) is 12.2 Å². The molecule has 0 aliphatic carbocycles. The number of carbonyl (C=O) groups excluding carboxylic acids is 4. The van der Waals surface area contributed by atoms with Gasteiger partial charge < -0.3 is 20.7 Å². The number of nitrogens with zero attached hydrogens (tertiary/aromatic N) is 2. The van der Waals surface area contributed by atoms with Gasteiger partial charge in [0.1, 0.15) is 11.7 Å². The summed E-state index contributed by atoms with van der Waals surface area (Å²) in [6.07, 6.45) is 4.61. The number of amides is 4. The molecule has 17 nitrogen and oxygen atoms in total. The van der Waals surface area contributed by atoms with Crippen LogP contribution in [0.2, 0.25) is 11.4 Å². The minimum atomic E-state index is -1.69. The molecule has 1 aromatic heterocycles. The SMILES string of the molecule is CC(C)C[C@H](NC(=O)[C@H](Cc1ccccc1)NC(=O)c1cnccn1)B(O)O.C[As](C)SC[C@H](NC(=O)CC[C@H](N)C(=O)O)C(=O)NCC(=O)O. The molecule has 0 aliphatic heterocycles. The molecule has 0 saturated heterocycles. The van der Waals surface area contributed by atoms with Crippen LogP contribution in [-0.2, 0) is 30.4 Å². The summed E-state index contributed by atoms with van der Waals surface area (Å²) in [6.45, 7) is 3.30. The Labute approximate surface area is 304 Å².